The smallest absolute Gasteiger partial charge is 0.123 e. The summed E-state index contributed by atoms with van der Waals surface area (Å²) in [5.74, 6) is -0.277. The molecule has 2 aromatic rings. The van der Waals surface area contributed by atoms with Crippen molar-refractivity contribution in [3.8, 4) is 0 Å². The molecule has 1 atom stereocenters. The summed E-state index contributed by atoms with van der Waals surface area (Å²) in [6.07, 6.45) is 0. The molecule has 2 rings (SSSR count). The average Bonchev–Trinajstić information content (AvgIpc) is 2.40. The number of halogens is 3. The van der Waals surface area contributed by atoms with Crippen LogP contribution >= 0.6 is 23.2 Å². The molecule has 2 aromatic carbocycles. The molecule has 0 bridgehead atoms. The van der Waals surface area contributed by atoms with E-state index in [9.17, 15) is 4.39 Å². The van der Waals surface area contributed by atoms with Crippen LogP contribution < -0.4 is 5.32 Å². The summed E-state index contributed by atoms with van der Waals surface area (Å²) in [7, 11) is 0. The standard InChI is InChI=1S/C15H14Cl2FN/c1-10(11-2-4-13(16)5-3-11)19-9-12-8-14(18)6-7-15(12)17/h2-8,10,19H,9H2,1H3/t10-/m1/s1. The van der Waals surface area contributed by atoms with E-state index in [0.29, 0.717) is 16.6 Å². The van der Waals surface area contributed by atoms with Gasteiger partial charge in [-0.05, 0) is 48.4 Å². The lowest BCUT2D eigenvalue weighted by Gasteiger charge is -2.15. The highest BCUT2D eigenvalue weighted by Gasteiger charge is 2.07. The molecule has 0 aliphatic heterocycles. The summed E-state index contributed by atoms with van der Waals surface area (Å²) >= 11 is 11.9. The Balaban J connectivity index is 2.02. The summed E-state index contributed by atoms with van der Waals surface area (Å²) < 4.78 is 13.1. The Morgan fingerprint density at radius 2 is 1.79 bits per heavy atom. The Hall–Kier alpha value is -1.09. The molecule has 1 N–H and O–H groups in total. The third kappa shape index (κ3) is 3.93. The van der Waals surface area contributed by atoms with Gasteiger partial charge in [-0.15, -0.1) is 0 Å². The molecule has 100 valence electrons. The molecule has 19 heavy (non-hydrogen) atoms. The molecule has 0 aliphatic carbocycles. The van der Waals surface area contributed by atoms with E-state index < -0.39 is 0 Å². The van der Waals surface area contributed by atoms with Crippen molar-refractivity contribution >= 4 is 23.2 Å². The Morgan fingerprint density at radius 3 is 2.47 bits per heavy atom. The third-order valence-electron chi connectivity index (χ3n) is 2.98. The second kappa shape index (κ2) is 6.38. The van der Waals surface area contributed by atoms with E-state index >= 15 is 0 Å². The van der Waals surface area contributed by atoms with Crippen molar-refractivity contribution in [2.45, 2.75) is 19.5 Å². The molecule has 0 heterocycles. The Kier molecular flexibility index (Phi) is 4.81. The molecule has 0 fully saturated rings. The maximum atomic E-state index is 13.1. The highest BCUT2D eigenvalue weighted by atomic mass is 35.5. The second-order valence-corrected chi connectivity index (χ2v) is 5.23. The molecular formula is C15H14Cl2FN. The molecule has 0 saturated heterocycles. The molecule has 0 unspecified atom stereocenters. The topological polar surface area (TPSA) is 12.0 Å². The van der Waals surface area contributed by atoms with E-state index in [0.717, 1.165) is 11.1 Å². The van der Waals surface area contributed by atoms with Crippen LogP contribution in [0.4, 0.5) is 4.39 Å². The van der Waals surface area contributed by atoms with Gasteiger partial charge in [0.1, 0.15) is 5.82 Å². The van der Waals surface area contributed by atoms with Crippen molar-refractivity contribution in [2.24, 2.45) is 0 Å². The first-order valence-corrected chi connectivity index (χ1v) is 6.74. The van der Waals surface area contributed by atoms with Gasteiger partial charge in [0.15, 0.2) is 0 Å². The number of hydrogen-bond acceptors (Lipinski definition) is 1. The van der Waals surface area contributed by atoms with E-state index in [4.69, 9.17) is 23.2 Å². The average molecular weight is 298 g/mol. The molecule has 1 nitrogen and oxygen atoms in total. The first kappa shape index (κ1) is 14.3. The zero-order valence-corrected chi connectivity index (χ0v) is 12.0. The lowest BCUT2D eigenvalue weighted by molar-refractivity contribution is 0.569. The van der Waals surface area contributed by atoms with Crippen molar-refractivity contribution in [1.82, 2.24) is 5.32 Å². The first-order chi connectivity index (χ1) is 9.06. The molecule has 0 aromatic heterocycles. The van der Waals surface area contributed by atoms with E-state index in [1.54, 1.807) is 6.07 Å². The lowest BCUT2D eigenvalue weighted by Crippen LogP contribution is -2.18. The predicted molar refractivity (Wildman–Crippen MR) is 78.1 cm³/mol. The second-order valence-electron chi connectivity index (χ2n) is 4.39. The molecule has 0 spiro atoms. The van der Waals surface area contributed by atoms with Gasteiger partial charge in [-0.3, -0.25) is 0 Å². The largest absolute Gasteiger partial charge is 0.306 e. The van der Waals surface area contributed by atoms with Crippen LogP contribution in [0, 0.1) is 5.82 Å². The van der Waals surface area contributed by atoms with Crippen LogP contribution in [0.3, 0.4) is 0 Å². The maximum Gasteiger partial charge on any atom is 0.123 e. The fourth-order valence-corrected chi connectivity index (χ4v) is 2.12. The van der Waals surface area contributed by atoms with Gasteiger partial charge in [0.2, 0.25) is 0 Å². The minimum Gasteiger partial charge on any atom is -0.306 e. The van der Waals surface area contributed by atoms with Crippen LogP contribution in [-0.2, 0) is 6.54 Å². The van der Waals surface area contributed by atoms with Crippen molar-refractivity contribution in [3.05, 3.63) is 69.5 Å². The number of hydrogen-bond donors (Lipinski definition) is 1. The first-order valence-electron chi connectivity index (χ1n) is 5.99. The van der Waals surface area contributed by atoms with Crippen molar-refractivity contribution < 1.29 is 4.39 Å². The van der Waals surface area contributed by atoms with E-state index in [2.05, 4.69) is 5.32 Å². The van der Waals surface area contributed by atoms with Gasteiger partial charge in [0.25, 0.3) is 0 Å². The van der Waals surface area contributed by atoms with Gasteiger partial charge in [0.05, 0.1) is 0 Å². The molecule has 0 saturated carbocycles. The van der Waals surface area contributed by atoms with E-state index in [1.807, 2.05) is 31.2 Å². The molecular weight excluding hydrogens is 284 g/mol. The molecule has 0 amide bonds. The maximum absolute atomic E-state index is 13.1. The van der Waals surface area contributed by atoms with Crippen LogP contribution in [0.15, 0.2) is 42.5 Å². The number of nitrogens with one attached hydrogen (secondary N) is 1. The lowest BCUT2D eigenvalue weighted by atomic mass is 10.1. The molecule has 0 aliphatic rings. The van der Waals surface area contributed by atoms with E-state index in [1.165, 1.54) is 12.1 Å². The molecule has 0 radical (unpaired) electrons. The van der Waals surface area contributed by atoms with Crippen molar-refractivity contribution in [2.75, 3.05) is 0 Å². The quantitative estimate of drug-likeness (QED) is 0.839. The Bertz CT molecular complexity index is 555. The summed E-state index contributed by atoms with van der Waals surface area (Å²) in [6, 6.07) is 12.1. The van der Waals surface area contributed by atoms with Crippen LogP contribution in [-0.4, -0.2) is 0 Å². The number of benzene rings is 2. The minimum absolute atomic E-state index is 0.136. The van der Waals surface area contributed by atoms with Crippen LogP contribution in [0.1, 0.15) is 24.1 Å². The van der Waals surface area contributed by atoms with E-state index in [-0.39, 0.29) is 11.9 Å². The predicted octanol–water partition coefficient (Wildman–Crippen LogP) is 4.98. The Labute approximate surface area is 122 Å². The van der Waals surface area contributed by atoms with Gasteiger partial charge < -0.3 is 5.32 Å². The van der Waals surface area contributed by atoms with Crippen LogP contribution in [0.2, 0.25) is 10.0 Å². The normalized spacial score (nSPS) is 12.4. The fraction of sp³-hybridized carbons (Fsp3) is 0.200. The van der Waals surface area contributed by atoms with Gasteiger partial charge in [-0.25, -0.2) is 4.39 Å². The summed E-state index contributed by atoms with van der Waals surface area (Å²) in [6.45, 7) is 2.55. The highest BCUT2D eigenvalue weighted by Crippen LogP contribution is 2.20. The van der Waals surface area contributed by atoms with Crippen molar-refractivity contribution in [1.29, 1.82) is 0 Å². The van der Waals surface area contributed by atoms with Gasteiger partial charge in [0, 0.05) is 22.6 Å². The van der Waals surface area contributed by atoms with Crippen LogP contribution in [0.25, 0.3) is 0 Å². The van der Waals surface area contributed by atoms with Gasteiger partial charge >= 0.3 is 0 Å². The third-order valence-corrected chi connectivity index (χ3v) is 3.60. The zero-order valence-electron chi connectivity index (χ0n) is 10.5. The molecule has 4 heteroatoms. The minimum atomic E-state index is -0.277. The monoisotopic (exact) mass is 297 g/mol. The van der Waals surface area contributed by atoms with Gasteiger partial charge in [-0.1, -0.05) is 35.3 Å². The summed E-state index contributed by atoms with van der Waals surface area (Å²) in [4.78, 5) is 0. The summed E-state index contributed by atoms with van der Waals surface area (Å²) in [5.41, 5.74) is 1.87. The Morgan fingerprint density at radius 1 is 1.11 bits per heavy atom. The van der Waals surface area contributed by atoms with Crippen LogP contribution in [0.5, 0.6) is 0 Å². The number of rotatable bonds is 4. The van der Waals surface area contributed by atoms with Gasteiger partial charge in [-0.2, -0.15) is 0 Å². The van der Waals surface area contributed by atoms with Crippen molar-refractivity contribution in [3.63, 3.8) is 0 Å². The highest BCUT2D eigenvalue weighted by molar-refractivity contribution is 6.31. The SMILES string of the molecule is C[C@@H](NCc1cc(F)ccc1Cl)c1ccc(Cl)cc1. The summed E-state index contributed by atoms with van der Waals surface area (Å²) in [5, 5.41) is 4.59. The fourth-order valence-electron chi connectivity index (χ4n) is 1.81. The zero-order chi connectivity index (χ0) is 13.8.